The number of aliphatic hydroxyl groups excluding tert-OH is 1. The van der Waals surface area contributed by atoms with Crippen molar-refractivity contribution in [3.05, 3.63) is 52.9 Å². The van der Waals surface area contributed by atoms with E-state index in [0.29, 0.717) is 24.9 Å². The predicted molar refractivity (Wildman–Crippen MR) is 138 cm³/mol. The first-order valence-corrected chi connectivity index (χ1v) is 13.1. The average Bonchev–Trinajstić information content (AvgIpc) is 3.44. The maximum Gasteiger partial charge on any atom is 0.229 e. The maximum absolute atomic E-state index is 12.8. The minimum Gasteiger partial charge on any atom is -0.389 e. The molecule has 0 radical (unpaired) electrons. The van der Waals surface area contributed by atoms with E-state index in [2.05, 4.69) is 33.3 Å². The SMILES string of the molecule is Cn1ccc(C2CC2C(=O)Nc2cc3cc(C4CCN(C5(C)COCC5O)CC4)c(Cl)cc3cn2)n1. The lowest BCUT2D eigenvalue weighted by atomic mass is 9.85. The van der Waals surface area contributed by atoms with E-state index in [9.17, 15) is 9.90 Å². The number of hydrogen-bond acceptors (Lipinski definition) is 6. The molecule has 6 rings (SSSR count). The first-order chi connectivity index (χ1) is 17.3. The van der Waals surface area contributed by atoms with Gasteiger partial charge in [-0.1, -0.05) is 11.6 Å². The van der Waals surface area contributed by atoms with E-state index in [4.69, 9.17) is 16.3 Å². The normalized spacial score (nSPS) is 29.1. The number of amides is 1. The summed E-state index contributed by atoms with van der Waals surface area (Å²) in [5, 5.41) is 20.6. The highest BCUT2D eigenvalue weighted by Crippen LogP contribution is 2.47. The van der Waals surface area contributed by atoms with Gasteiger partial charge in [-0.05, 0) is 80.4 Å². The van der Waals surface area contributed by atoms with Crippen LogP contribution in [0.4, 0.5) is 5.82 Å². The van der Waals surface area contributed by atoms with Crippen molar-refractivity contribution in [2.24, 2.45) is 13.0 Å². The Morgan fingerprint density at radius 2 is 2.06 bits per heavy atom. The Kier molecular flexibility index (Phi) is 6.03. The molecule has 0 spiro atoms. The Morgan fingerprint density at radius 1 is 1.25 bits per heavy atom. The molecule has 4 atom stereocenters. The molecule has 2 saturated heterocycles. The second-order valence-corrected chi connectivity index (χ2v) is 11.2. The molecule has 190 valence electrons. The van der Waals surface area contributed by atoms with Gasteiger partial charge in [-0.2, -0.15) is 5.10 Å². The fraction of sp³-hybridized carbons (Fsp3) is 0.519. The number of aromatic nitrogens is 3. The fourth-order valence-corrected chi connectivity index (χ4v) is 6.21. The molecule has 8 nitrogen and oxygen atoms in total. The van der Waals surface area contributed by atoms with Crippen LogP contribution in [0.15, 0.2) is 36.7 Å². The van der Waals surface area contributed by atoms with Gasteiger partial charge >= 0.3 is 0 Å². The number of aliphatic hydroxyl groups is 1. The zero-order valence-electron chi connectivity index (χ0n) is 20.7. The largest absolute Gasteiger partial charge is 0.389 e. The van der Waals surface area contributed by atoms with Crippen molar-refractivity contribution in [3.63, 3.8) is 0 Å². The fourth-order valence-electron chi connectivity index (χ4n) is 5.88. The molecule has 2 aromatic heterocycles. The molecule has 4 heterocycles. The third-order valence-corrected chi connectivity index (χ3v) is 8.70. The number of anilines is 1. The van der Waals surface area contributed by atoms with Crippen molar-refractivity contribution in [1.29, 1.82) is 0 Å². The topological polar surface area (TPSA) is 92.5 Å². The molecule has 36 heavy (non-hydrogen) atoms. The molecule has 2 N–H and O–H groups in total. The van der Waals surface area contributed by atoms with E-state index in [-0.39, 0.29) is 23.3 Å². The second kappa shape index (κ2) is 9.10. The average molecular weight is 510 g/mol. The van der Waals surface area contributed by atoms with Crippen molar-refractivity contribution in [2.45, 2.75) is 49.7 Å². The standard InChI is InChI=1S/C27H32ClN5O3/c1-27(15-36-14-24(27)34)33-7-3-16(4-8-33)19-9-17-11-25(29-13-18(17)10-22(19)28)30-26(35)21-12-20(21)23-5-6-32(2)31-23/h5-6,9-11,13,16,20-21,24,34H,3-4,7-8,12,14-15H2,1-2H3,(H,29,30,35). The van der Waals surface area contributed by atoms with Crippen LogP contribution in [-0.2, 0) is 16.6 Å². The minimum atomic E-state index is -0.450. The summed E-state index contributed by atoms with van der Waals surface area (Å²) in [6, 6.07) is 8.04. The summed E-state index contributed by atoms with van der Waals surface area (Å²) in [6.45, 7) is 4.86. The summed E-state index contributed by atoms with van der Waals surface area (Å²) >= 11 is 6.72. The quantitative estimate of drug-likeness (QED) is 0.545. The highest BCUT2D eigenvalue weighted by Gasteiger charge is 2.46. The number of nitrogens with one attached hydrogen (secondary N) is 1. The number of piperidine rings is 1. The molecule has 2 aliphatic heterocycles. The number of halogens is 1. The van der Waals surface area contributed by atoms with Crippen molar-refractivity contribution in [2.75, 3.05) is 31.6 Å². The highest BCUT2D eigenvalue weighted by atomic mass is 35.5. The number of carbonyl (C=O) groups is 1. The lowest BCUT2D eigenvalue weighted by Crippen LogP contribution is -2.56. The number of nitrogens with zero attached hydrogens (tertiary/aromatic N) is 4. The predicted octanol–water partition coefficient (Wildman–Crippen LogP) is 3.69. The number of likely N-dealkylation sites (tertiary alicyclic amines) is 1. The first kappa shape index (κ1) is 23.9. The van der Waals surface area contributed by atoms with Crippen LogP contribution >= 0.6 is 11.6 Å². The molecule has 3 fully saturated rings. The molecule has 1 saturated carbocycles. The van der Waals surface area contributed by atoms with Crippen LogP contribution in [-0.4, -0.2) is 68.6 Å². The third kappa shape index (κ3) is 4.30. The molecule has 9 heteroatoms. The van der Waals surface area contributed by atoms with Gasteiger partial charge in [0.05, 0.1) is 30.6 Å². The van der Waals surface area contributed by atoms with Gasteiger partial charge in [0.2, 0.25) is 5.91 Å². The van der Waals surface area contributed by atoms with Gasteiger partial charge in [0.1, 0.15) is 5.82 Å². The van der Waals surface area contributed by atoms with Gasteiger partial charge in [-0.25, -0.2) is 4.98 Å². The number of ether oxygens (including phenoxy) is 1. The molecular weight excluding hydrogens is 478 g/mol. The van der Waals surface area contributed by atoms with Gasteiger partial charge < -0.3 is 15.2 Å². The van der Waals surface area contributed by atoms with E-state index >= 15 is 0 Å². The lowest BCUT2D eigenvalue weighted by Gasteiger charge is -2.43. The minimum absolute atomic E-state index is 0.00867. The van der Waals surface area contributed by atoms with Crippen LogP contribution < -0.4 is 5.32 Å². The number of rotatable bonds is 5. The second-order valence-electron chi connectivity index (χ2n) is 10.8. The maximum atomic E-state index is 12.8. The van der Waals surface area contributed by atoms with Crippen LogP contribution in [0.3, 0.4) is 0 Å². The summed E-state index contributed by atoms with van der Waals surface area (Å²) in [5.41, 5.74) is 1.80. The molecule has 0 bridgehead atoms. The van der Waals surface area contributed by atoms with Gasteiger partial charge in [-0.3, -0.25) is 14.4 Å². The number of fused-ring (bicyclic) bond motifs is 1. The van der Waals surface area contributed by atoms with Gasteiger partial charge in [-0.15, -0.1) is 0 Å². The molecule has 1 aromatic carbocycles. The Hall–Kier alpha value is -2.52. The van der Waals surface area contributed by atoms with Gasteiger partial charge in [0.15, 0.2) is 0 Å². The zero-order valence-corrected chi connectivity index (χ0v) is 21.4. The van der Waals surface area contributed by atoms with Crippen molar-refractivity contribution in [3.8, 4) is 0 Å². The first-order valence-electron chi connectivity index (χ1n) is 12.7. The smallest absolute Gasteiger partial charge is 0.229 e. The Balaban J connectivity index is 1.15. The summed E-state index contributed by atoms with van der Waals surface area (Å²) < 4.78 is 7.31. The number of pyridine rings is 1. The molecule has 3 aromatic rings. The number of carbonyl (C=O) groups excluding carboxylic acids is 1. The summed E-state index contributed by atoms with van der Waals surface area (Å²) in [7, 11) is 1.89. The Morgan fingerprint density at radius 3 is 2.75 bits per heavy atom. The molecule has 1 aliphatic carbocycles. The molecule has 1 amide bonds. The molecular formula is C27H32ClN5O3. The Labute approximate surface area is 215 Å². The van der Waals surface area contributed by atoms with Crippen molar-refractivity contribution >= 4 is 34.1 Å². The van der Waals surface area contributed by atoms with E-state index in [0.717, 1.165) is 59.4 Å². The van der Waals surface area contributed by atoms with E-state index in [1.165, 1.54) is 0 Å². The van der Waals surface area contributed by atoms with Crippen molar-refractivity contribution in [1.82, 2.24) is 19.7 Å². The number of aryl methyl sites for hydroxylation is 1. The van der Waals surface area contributed by atoms with E-state index in [1.54, 1.807) is 10.9 Å². The monoisotopic (exact) mass is 509 g/mol. The summed E-state index contributed by atoms with van der Waals surface area (Å²) in [5.74, 6) is 1.02. The summed E-state index contributed by atoms with van der Waals surface area (Å²) in [6.07, 6.45) is 5.99. The number of hydrogen-bond donors (Lipinski definition) is 2. The highest BCUT2D eigenvalue weighted by molar-refractivity contribution is 6.32. The third-order valence-electron chi connectivity index (χ3n) is 8.37. The van der Waals surface area contributed by atoms with Crippen LogP contribution in [0.5, 0.6) is 0 Å². The number of benzene rings is 1. The van der Waals surface area contributed by atoms with Gasteiger partial charge in [0.25, 0.3) is 0 Å². The van der Waals surface area contributed by atoms with Crippen LogP contribution in [0.25, 0.3) is 10.8 Å². The Bertz CT molecular complexity index is 1300. The van der Waals surface area contributed by atoms with E-state index in [1.807, 2.05) is 31.4 Å². The summed E-state index contributed by atoms with van der Waals surface area (Å²) in [4.78, 5) is 19.6. The zero-order chi connectivity index (χ0) is 25.0. The molecule has 3 aliphatic rings. The van der Waals surface area contributed by atoms with Gasteiger partial charge in [0, 0.05) is 41.7 Å². The van der Waals surface area contributed by atoms with Crippen LogP contribution in [0.1, 0.15) is 49.3 Å². The van der Waals surface area contributed by atoms with Crippen molar-refractivity contribution < 1.29 is 14.6 Å². The molecule has 4 unspecified atom stereocenters. The van der Waals surface area contributed by atoms with Crippen LogP contribution in [0, 0.1) is 5.92 Å². The lowest BCUT2D eigenvalue weighted by molar-refractivity contribution is -0.117. The van der Waals surface area contributed by atoms with Crippen LogP contribution in [0.2, 0.25) is 5.02 Å². The van der Waals surface area contributed by atoms with E-state index < -0.39 is 6.10 Å².